The zero-order valence-electron chi connectivity index (χ0n) is 13.2. The SMILES string of the molecule is COc1ccc(S(=O)(=O)N(C)c2ccc(C(=O)O)cc2)cc1[N+](=O)[O-]. The third-order valence-corrected chi connectivity index (χ3v) is 5.26. The predicted octanol–water partition coefficient (Wildman–Crippen LogP) is 2.13. The summed E-state index contributed by atoms with van der Waals surface area (Å²) < 4.78 is 31.1. The maximum absolute atomic E-state index is 12.7. The number of ether oxygens (including phenoxy) is 1. The second kappa shape index (κ2) is 6.77. The lowest BCUT2D eigenvalue weighted by Gasteiger charge is -2.19. The number of anilines is 1. The number of hydrogen-bond donors (Lipinski definition) is 1. The van der Waals surface area contributed by atoms with Gasteiger partial charge in [-0.25, -0.2) is 13.2 Å². The summed E-state index contributed by atoms with van der Waals surface area (Å²) in [4.78, 5) is 20.9. The predicted molar refractivity (Wildman–Crippen MR) is 88.6 cm³/mol. The highest BCUT2D eigenvalue weighted by atomic mass is 32.2. The monoisotopic (exact) mass is 366 g/mol. The summed E-state index contributed by atoms with van der Waals surface area (Å²) in [7, 11) is -1.57. The van der Waals surface area contributed by atoms with Crippen molar-refractivity contribution < 1.29 is 28.0 Å². The van der Waals surface area contributed by atoms with Crippen LogP contribution in [0.3, 0.4) is 0 Å². The van der Waals surface area contributed by atoms with E-state index in [1.807, 2.05) is 0 Å². The first-order valence-electron chi connectivity index (χ1n) is 6.83. The fraction of sp³-hybridized carbons (Fsp3) is 0.133. The number of methoxy groups -OCH3 is 1. The number of rotatable bonds is 6. The minimum atomic E-state index is -4.08. The Morgan fingerprint density at radius 2 is 1.80 bits per heavy atom. The molecule has 132 valence electrons. The van der Waals surface area contributed by atoms with Crippen molar-refractivity contribution in [1.82, 2.24) is 0 Å². The Bertz CT molecular complexity index is 923. The molecule has 0 aromatic heterocycles. The van der Waals surface area contributed by atoms with Crippen LogP contribution in [0.2, 0.25) is 0 Å². The number of aromatic carboxylic acids is 1. The van der Waals surface area contributed by atoms with Gasteiger partial charge < -0.3 is 9.84 Å². The van der Waals surface area contributed by atoms with Gasteiger partial charge in [0.05, 0.1) is 28.2 Å². The van der Waals surface area contributed by atoms with Gasteiger partial charge in [-0.15, -0.1) is 0 Å². The van der Waals surface area contributed by atoms with E-state index >= 15 is 0 Å². The molecule has 2 rings (SSSR count). The first-order valence-corrected chi connectivity index (χ1v) is 8.27. The molecule has 0 aliphatic heterocycles. The minimum Gasteiger partial charge on any atom is -0.490 e. The summed E-state index contributed by atoms with van der Waals surface area (Å²) >= 11 is 0. The van der Waals surface area contributed by atoms with Gasteiger partial charge in [-0.2, -0.15) is 0 Å². The molecule has 0 bridgehead atoms. The number of carbonyl (C=O) groups is 1. The lowest BCUT2D eigenvalue weighted by molar-refractivity contribution is -0.386. The first-order chi connectivity index (χ1) is 11.7. The van der Waals surface area contributed by atoms with E-state index in [4.69, 9.17) is 9.84 Å². The standard InChI is InChI=1S/C15H14N2O7S/c1-16(11-5-3-10(4-6-11)15(18)19)25(22,23)12-7-8-14(24-2)13(9-12)17(20)21/h3-9H,1-2H3,(H,18,19). The number of nitro groups is 1. The molecule has 0 aliphatic carbocycles. The highest BCUT2D eigenvalue weighted by Gasteiger charge is 2.26. The van der Waals surface area contributed by atoms with Gasteiger partial charge in [-0.1, -0.05) is 0 Å². The third kappa shape index (κ3) is 3.53. The van der Waals surface area contributed by atoms with E-state index in [1.165, 1.54) is 50.6 Å². The molecule has 9 nitrogen and oxygen atoms in total. The number of benzene rings is 2. The van der Waals surface area contributed by atoms with Gasteiger partial charge in [0.15, 0.2) is 5.75 Å². The average molecular weight is 366 g/mol. The van der Waals surface area contributed by atoms with Crippen molar-refractivity contribution >= 4 is 27.4 Å². The summed E-state index contributed by atoms with van der Waals surface area (Å²) in [5.41, 5.74) is -0.253. The van der Waals surface area contributed by atoms with Crippen molar-refractivity contribution in [2.24, 2.45) is 0 Å². The Morgan fingerprint density at radius 1 is 1.20 bits per heavy atom. The molecule has 0 aliphatic rings. The van der Waals surface area contributed by atoms with Crippen molar-refractivity contribution in [2.75, 3.05) is 18.5 Å². The van der Waals surface area contributed by atoms with Gasteiger partial charge >= 0.3 is 11.7 Å². The number of hydrogen-bond acceptors (Lipinski definition) is 6. The highest BCUT2D eigenvalue weighted by Crippen LogP contribution is 2.31. The van der Waals surface area contributed by atoms with Crippen molar-refractivity contribution in [3.05, 3.63) is 58.1 Å². The summed E-state index contributed by atoms with van der Waals surface area (Å²) in [6.45, 7) is 0. The van der Waals surface area contributed by atoms with Gasteiger partial charge in [0.2, 0.25) is 0 Å². The Hall–Kier alpha value is -3.14. The summed E-state index contributed by atoms with van der Waals surface area (Å²) in [6, 6.07) is 8.50. The second-order valence-corrected chi connectivity index (χ2v) is 6.88. The van der Waals surface area contributed by atoms with E-state index < -0.39 is 26.6 Å². The molecule has 2 aromatic carbocycles. The number of carboxylic acid groups (broad SMARTS) is 1. The quantitative estimate of drug-likeness (QED) is 0.613. The zero-order valence-corrected chi connectivity index (χ0v) is 14.1. The van der Waals surface area contributed by atoms with Crippen LogP contribution in [0.5, 0.6) is 5.75 Å². The molecule has 0 amide bonds. The molecule has 0 atom stereocenters. The van der Waals surface area contributed by atoms with Gasteiger partial charge in [0.1, 0.15) is 0 Å². The first kappa shape index (κ1) is 18.2. The van der Waals surface area contributed by atoms with Crippen molar-refractivity contribution in [3.63, 3.8) is 0 Å². The second-order valence-electron chi connectivity index (χ2n) is 4.92. The molecule has 0 fully saturated rings. The molecule has 0 saturated carbocycles. The van der Waals surface area contributed by atoms with Crippen LogP contribution in [-0.4, -0.2) is 38.6 Å². The van der Waals surface area contributed by atoms with Crippen molar-refractivity contribution in [2.45, 2.75) is 4.90 Å². The maximum atomic E-state index is 12.7. The van der Waals surface area contributed by atoms with E-state index in [0.717, 1.165) is 10.4 Å². The van der Waals surface area contributed by atoms with E-state index in [0.29, 0.717) is 0 Å². The van der Waals surface area contributed by atoms with Crippen molar-refractivity contribution in [3.8, 4) is 5.75 Å². The Morgan fingerprint density at radius 3 is 2.28 bits per heavy atom. The molecule has 10 heteroatoms. The van der Waals surface area contributed by atoms with Gasteiger partial charge in [0, 0.05) is 13.1 Å². The lowest BCUT2D eigenvalue weighted by atomic mass is 10.2. The molecule has 0 unspecified atom stereocenters. The van der Waals surface area contributed by atoms with Crippen molar-refractivity contribution in [1.29, 1.82) is 0 Å². The van der Waals surface area contributed by atoms with E-state index in [-0.39, 0.29) is 21.9 Å². The third-order valence-electron chi connectivity index (χ3n) is 3.48. The summed E-state index contributed by atoms with van der Waals surface area (Å²) in [5.74, 6) is -1.19. The number of nitrogens with zero attached hydrogens (tertiary/aromatic N) is 2. The topological polar surface area (TPSA) is 127 Å². The largest absolute Gasteiger partial charge is 0.490 e. The molecule has 2 aromatic rings. The zero-order chi connectivity index (χ0) is 18.8. The van der Waals surface area contributed by atoms with E-state index in [9.17, 15) is 23.3 Å². The summed E-state index contributed by atoms with van der Waals surface area (Å²) in [6.07, 6.45) is 0. The van der Waals surface area contributed by atoms with Gasteiger partial charge in [0.25, 0.3) is 10.0 Å². The number of nitro benzene ring substituents is 1. The molecular weight excluding hydrogens is 352 g/mol. The van der Waals surface area contributed by atoms with Crippen LogP contribution < -0.4 is 9.04 Å². The highest BCUT2D eigenvalue weighted by molar-refractivity contribution is 7.92. The fourth-order valence-electron chi connectivity index (χ4n) is 2.08. The number of carboxylic acids is 1. The molecular formula is C15H14N2O7S. The Balaban J connectivity index is 2.45. The fourth-order valence-corrected chi connectivity index (χ4v) is 3.30. The molecule has 1 N–H and O–H groups in total. The van der Waals surface area contributed by atoms with Crippen LogP contribution in [0, 0.1) is 10.1 Å². The molecule has 0 heterocycles. The summed E-state index contributed by atoms with van der Waals surface area (Å²) in [5, 5.41) is 19.9. The molecule has 25 heavy (non-hydrogen) atoms. The number of sulfonamides is 1. The van der Waals surface area contributed by atoms with Crippen LogP contribution in [0.1, 0.15) is 10.4 Å². The van der Waals surface area contributed by atoms with Crippen LogP contribution in [0.25, 0.3) is 0 Å². The minimum absolute atomic E-state index is 0.00892. The van der Waals surface area contributed by atoms with E-state index in [1.54, 1.807) is 0 Å². The maximum Gasteiger partial charge on any atom is 0.335 e. The Labute approximate surface area is 143 Å². The lowest BCUT2D eigenvalue weighted by Crippen LogP contribution is -2.26. The smallest absolute Gasteiger partial charge is 0.335 e. The van der Waals surface area contributed by atoms with Crippen LogP contribution in [-0.2, 0) is 10.0 Å². The van der Waals surface area contributed by atoms with Gasteiger partial charge in [-0.05, 0) is 36.4 Å². The molecule has 0 spiro atoms. The average Bonchev–Trinajstić information content (AvgIpc) is 2.60. The van der Waals surface area contributed by atoms with E-state index in [2.05, 4.69) is 0 Å². The van der Waals surface area contributed by atoms with Gasteiger partial charge in [-0.3, -0.25) is 14.4 Å². The van der Waals surface area contributed by atoms with Crippen LogP contribution >= 0.6 is 0 Å². The van der Waals surface area contributed by atoms with Crippen LogP contribution in [0.4, 0.5) is 11.4 Å². The normalized spacial score (nSPS) is 11.0. The molecule has 0 radical (unpaired) electrons. The Kier molecular flexibility index (Phi) is 4.93. The van der Waals surface area contributed by atoms with Crippen LogP contribution in [0.15, 0.2) is 47.4 Å². The molecule has 0 saturated heterocycles.